The topological polar surface area (TPSA) is 45.2 Å². The minimum absolute atomic E-state index is 0.468. The van der Waals surface area contributed by atoms with Gasteiger partial charge in [0.15, 0.2) is 5.16 Å². The van der Waals surface area contributed by atoms with Crippen molar-refractivity contribution >= 4 is 17.6 Å². The van der Waals surface area contributed by atoms with Gasteiger partial charge in [-0.05, 0) is 23.8 Å². The first-order valence-electron chi connectivity index (χ1n) is 9.03. The van der Waals surface area contributed by atoms with E-state index in [0.29, 0.717) is 5.92 Å². The zero-order valence-corrected chi connectivity index (χ0v) is 16.2. The zero-order valence-electron chi connectivity index (χ0n) is 15.4. The van der Waals surface area contributed by atoms with Crippen LogP contribution < -0.4 is 4.90 Å². The van der Waals surface area contributed by atoms with Crippen LogP contribution in [0, 0.1) is 0 Å². The summed E-state index contributed by atoms with van der Waals surface area (Å²) in [6, 6.07) is 6.36. The third-order valence-corrected chi connectivity index (χ3v) is 5.16. The average molecular weight is 358 g/mol. The summed E-state index contributed by atoms with van der Waals surface area (Å²) in [5.41, 5.74) is 2.36. The molecule has 0 radical (unpaired) electrons. The molecule has 0 amide bonds. The highest BCUT2D eigenvalue weighted by molar-refractivity contribution is 7.99. The smallest absolute Gasteiger partial charge is 0.187 e. The molecule has 3 rings (SSSR count). The van der Waals surface area contributed by atoms with Gasteiger partial charge >= 0.3 is 0 Å². The molecular weight excluding hydrogens is 330 g/mol. The second-order valence-electron chi connectivity index (χ2n) is 6.65. The van der Waals surface area contributed by atoms with Crippen LogP contribution in [0.3, 0.4) is 0 Å². The molecule has 3 heterocycles. The number of hydrogen-bond donors (Lipinski definition) is 0. The molecule has 5 nitrogen and oxygen atoms in total. The molecule has 0 N–H and O–H groups in total. The number of anilines is 1. The van der Waals surface area contributed by atoms with Crippen LogP contribution in [0.25, 0.3) is 0 Å². The number of nitrogens with zero attached hydrogens (tertiary/aromatic N) is 5. The summed E-state index contributed by atoms with van der Waals surface area (Å²) >= 11 is 1.68. The SMILES string of the molecule is CCSc1ncc(CN2CCN(c3cccc(C(C)C)n3)CC2)cn1. The third-order valence-electron chi connectivity index (χ3n) is 4.40. The molecule has 0 spiro atoms. The zero-order chi connectivity index (χ0) is 17.6. The number of aromatic nitrogens is 3. The van der Waals surface area contributed by atoms with Gasteiger partial charge in [-0.3, -0.25) is 4.90 Å². The van der Waals surface area contributed by atoms with Crippen molar-refractivity contribution in [3.8, 4) is 0 Å². The molecule has 0 unspecified atom stereocenters. The van der Waals surface area contributed by atoms with Crippen LogP contribution in [-0.2, 0) is 6.54 Å². The van der Waals surface area contributed by atoms with Crippen molar-refractivity contribution in [1.82, 2.24) is 19.9 Å². The van der Waals surface area contributed by atoms with E-state index < -0.39 is 0 Å². The van der Waals surface area contributed by atoms with Crippen molar-refractivity contribution in [2.45, 2.75) is 38.4 Å². The van der Waals surface area contributed by atoms with Crippen LogP contribution >= 0.6 is 11.8 Å². The summed E-state index contributed by atoms with van der Waals surface area (Å²) in [4.78, 5) is 18.5. The maximum atomic E-state index is 4.82. The van der Waals surface area contributed by atoms with E-state index in [2.05, 4.69) is 58.7 Å². The minimum atomic E-state index is 0.468. The monoisotopic (exact) mass is 357 g/mol. The average Bonchev–Trinajstić information content (AvgIpc) is 2.64. The van der Waals surface area contributed by atoms with Crippen LogP contribution in [0.4, 0.5) is 5.82 Å². The predicted octanol–water partition coefficient (Wildman–Crippen LogP) is 3.43. The Hall–Kier alpha value is -1.66. The first-order chi connectivity index (χ1) is 12.2. The normalized spacial score (nSPS) is 15.8. The van der Waals surface area contributed by atoms with Gasteiger partial charge in [-0.2, -0.15) is 0 Å². The fourth-order valence-electron chi connectivity index (χ4n) is 2.96. The highest BCUT2D eigenvalue weighted by Gasteiger charge is 2.18. The largest absolute Gasteiger partial charge is 0.354 e. The van der Waals surface area contributed by atoms with E-state index in [1.54, 1.807) is 11.8 Å². The Labute approximate surface area is 154 Å². The van der Waals surface area contributed by atoms with Crippen molar-refractivity contribution in [1.29, 1.82) is 0 Å². The van der Waals surface area contributed by atoms with Crippen LogP contribution in [0.1, 0.15) is 37.9 Å². The molecule has 1 aliphatic rings. The summed E-state index contributed by atoms with van der Waals surface area (Å²) in [5.74, 6) is 2.58. The maximum absolute atomic E-state index is 4.82. The summed E-state index contributed by atoms with van der Waals surface area (Å²) in [6.07, 6.45) is 3.93. The van der Waals surface area contributed by atoms with Gasteiger partial charge in [-0.1, -0.05) is 38.6 Å². The van der Waals surface area contributed by atoms with Gasteiger partial charge in [0.2, 0.25) is 0 Å². The molecule has 0 aromatic carbocycles. The molecule has 134 valence electrons. The number of thioether (sulfide) groups is 1. The Morgan fingerprint density at radius 1 is 1.08 bits per heavy atom. The van der Waals surface area contributed by atoms with Gasteiger partial charge < -0.3 is 4.90 Å². The predicted molar refractivity (Wildman–Crippen MR) is 104 cm³/mol. The molecule has 6 heteroatoms. The molecule has 0 saturated carbocycles. The van der Waals surface area contributed by atoms with E-state index >= 15 is 0 Å². The quantitative estimate of drug-likeness (QED) is 0.583. The van der Waals surface area contributed by atoms with E-state index in [1.807, 2.05) is 12.4 Å². The van der Waals surface area contributed by atoms with Crippen LogP contribution in [0.5, 0.6) is 0 Å². The van der Waals surface area contributed by atoms with E-state index in [1.165, 1.54) is 11.3 Å². The lowest BCUT2D eigenvalue weighted by Gasteiger charge is -2.35. The molecule has 1 fully saturated rings. The fraction of sp³-hybridized carbons (Fsp3) is 0.526. The van der Waals surface area contributed by atoms with E-state index in [9.17, 15) is 0 Å². The lowest BCUT2D eigenvalue weighted by molar-refractivity contribution is 0.248. The van der Waals surface area contributed by atoms with Crippen molar-refractivity contribution in [2.75, 3.05) is 36.8 Å². The van der Waals surface area contributed by atoms with Crippen molar-refractivity contribution in [3.05, 3.63) is 41.9 Å². The van der Waals surface area contributed by atoms with Gasteiger partial charge in [0, 0.05) is 56.4 Å². The number of hydrogen-bond acceptors (Lipinski definition) is 6. The van der Waals surface area contributed by atoms with Crippen LogP contribution in [0.15, 0.2) is 35.7 Å². The number of piperazine rings is 1. The molecule has 2 aromatic rings. The summed E-state index contributed by atoms with van der Waals surface area (Å²) in [7, 11) is 0. The molecule has 25 heavy (non-hydrogen) atoms. The second kappa shape index (κ2) is 8.63. The Morgan fingerprint density at radius 3 is 2.44 bits per heavy atom. The standard InChI is InChI=1S/C19H27N5S/c1-4-25-19-20-12-16(13-21-19)14-23-8-10-24(11-9-23)18-7-5-6-17(22-18)15(2)3/h5-7,12-13,15H,4,8-11,14H2,1-3H3. The second-order valence-corrected chi connectivity index (χ2v) is 7.88. The Bertz CT molecular complexity index is 666. The van der Waals surface area contributed by atoms with E-state index in [0.717, 1.165) is 49.5 Å². The molecule has 1 saturated heterocycles. The Morgan fingerprint density at radius 2 is 1.80 bits per heavy atom. The van der Waals surface area contributed by atoms with Crippen molar-refractivity contribution < 1.29 is 0 Å². The first-order valence-corrected chi connectivity index (χ1v) is 10.0. The molecular formula is C19H27N5S. The van der Waals surface area contributed by atoms with E-state index in [-0.39, 0.29) is 0 Å². The van der Waals surface area contributed by atoms with E-state index in [4.69, 9.17) is 4.98 Å². The Balaban J connectivity index is 1.54. The highest BCUT2D eigenvalue weighted by Crippen LogP contribution is 2.19. The highest BCUT2D eigenvalue weighted by atomic mass is 32.2. The third kappa shape index (κ3) is 4.92. The summed E-state index contributed by atoms with van der Waals surface area (Å²) in [5, 5.41) is 0.868. The van der Waals surface area contributed by atoms with Gasteiger partial charge in [0.1, 0.15) is 5.82 Å². The molecule has 0 atom stereocenters. The summed E-state index contributed by atoms with van der Waals surface area (Å²) in [6.45, 7) is 11.5. The number of pyridine rings is 1. The summed E-state index contributed by atoms with van der Waals surface area (Å²) < 4.78 is 0. The minimum Gasteiger partial charge on any atom is -0.354 e. The molecule has 0 bridgehead atoms. The fourth-order valence-corrected chi connectivity index (χ4v) is 3.47. The first kappa shape index (κ1) is 18.1. The molecule has 0 aliphatic carbocycles. The lowest BCUT2D eigenvalue weighted by Crippen LogP contribution is -2.46. The van der Waals surface area contributed by atoms with Gasteiger partial charge in [-0.15, -0.1) is 0 Å². The maximum Gasteiger partial charge on any atom is 0.187 e. The Kier molecular flexibility index (Phi) is 6.26. The van der Waals surface area contributed by atoms with Crippen molar-refractivity contribution in [3.63, 3.8) is 0 Å². The van der Waals surface area contributed by atoms with Gasteiger partial charge in [0.25, 0.3) is 0 Å². The van der Waals surface area contributed by atoms with Crippen LogP contribution in [0.2, 0.25) is 0 Å². The van der Waals surface area contributed by atoms with Crippen LogP contribution in [-0.4, -0.2) is 51.8 Å². The van der Waals surface area contributed by atoms with Crippen molar-refractivity contribution in [2.24, 2.45) is 0 Å². The van der Waals surface area contributed by atoms with Gasteiger partial charge in [-0.25, -0.2) is 15.0 Å². The molecule has 1 aliphatic heterocycles. The van der Waals surface area contributed by atoms with Gasteiger partial charge in [0.05, 0.1) is 0 Å². The number of rotatable bonds is 6. The molecule has 2 aromatic heterocycles. The lowest BCUT2D eigenvalue weighted by atomic mass is 10.1.